The fraction of sp³-hybridized carbons (Fsp3) is 0.368. The van der Waals surface area contributed by atoms with Gasteiger partial charge < -0.3 is 16.0 Å². The summed E-state index contributed by atoms with van der Waals surface area (Å²) in [6.45, 7) is 1.89. The second kappa shape index (κ2) is 8.42. The van der Waals surface area contributed by atoms with Crippen molar-refractivity contribution in [2.45, 2.75) is 18.9 Å². The quantitative estimate of drug-likeness (QED) is 0.700. The summed E-state index contributed by atoms with van der Waals surface area (Å²) in [6, 6.07) is 9.82. The molecule has 1 aliphatic rings. The molecule has 7 heteroatoms. The molecule has 1 atom stereocenters. The molecule has 2 heterocycles. The van der Waals surface area contributed by atoms with Gasteiger partial charge in [0.2, 0.25) is 5.91 Å². The normalized spacial score (nSPS) is 21.1. The minimum Gasteiger partial charge on any atom is -0.369 e. The number of carbonyl (C=O) groups is 2. The number of hydrogen-bond donors (Lipinski definition) is 3. The van der Waals surface area contributed by atoms with Crippen molar-refractivity contribution in [1.29, 1.82) is 0 Å². The number of rotatable bonds is 6. The van der Waals surface area contributed by atoms with Gasteiger partial charge in [0.05, 0.1) is 19.1 Å². The van der Waals surface area contributed by atoms with E-state index in [-0.39, 0.29) is 29.6 Å². The lowest BCUT2D eigenvalue weighted by atomic mass is 9.96. The zero-order valence-electron chi connectivity index (χ0n) is 14.4. The summed E-state index contributed by atoms with van der Waals surface area (Å²) in [5.41, 5.74) is 6.21. The monoisotopic (exact) mass is 376 g/mol. The largest absolute Gasteiger partial charge is 0.369 e. The zero-order chi connectivity index (χ0) is 18.5. The van der Waals surface area contributed by atoms with Crippen LogP contribution in [0, 0.1) is 11.7 Å². The molecule has 26 heavy (non-hydrogen) atoms. The highest BCUT2D eigenvalue weighted by Gasteiger charge is 2.28. The summed E-state index contributed by atoms with van der Waals surface area (Å²) in [5.74, 6) is -0.672. The molecule has 0 saturated carbocycles. The SMILES string of the molecule is NC(=O)C1CC[NH+](CC(=O)N[C@@H](c2ccc(F)cc2)c2cccs2)CC1. The van der Waals surface area contributed by atoms with Crippen LogP contribution in [0.1, 0.15) is 29.3 Å². The van der Waals surface area contributed by atoms with E-state index in [2.05, 4.69) is 5.32 Å². The first kappa shape index (κ1) is 18.5. The summed E-state index contributed by atoms with van der Waals surface area (Å²) < 4.78 is 13.2. The highest BCUT2D eigenvalue weighted by molar-refractivity contribution is 7.10. The van der Waals surface area contributed by atoms with E-state index in [0.717, 1.165) is 41.3 Å². The first-order valence-electron chi connectivity index (χ1n) is 8.74. The highest BCUT2D eigenvalue weighted by atomic mass is 32.1. The average Bonchev–Trinajstić information content (AvgIpc) is 3.15. The third-order valence-electron chi connectivity index (χ3n) is 4.84. The van der Waals surface area contributed by atoms with Gasteiger partial charge in [0.25, 0.3) is 5.91 Å². The van der Waals surface area contributed by atoms with Crippen molar-refractivity contribution in [2.75, 3.05) is 19.6 Å². The Labute approximate surface area is 156 Å². The molecule has 1 fully saturated rings. The molecule has 4 N–H and O–H groups in total. The Morgan fingerprint density at radius 1 is 1.23 bits per heavy atom. The van der Waals surface area contributed by atoms with E-state index in [0.29, 0.717) is 6.54 Å². The third kappa shape index (κ3) is 4.68. The molecule has 2 amide bonds. The number of amides is 2. The molecule has 1 aromatic heterocycles. The van der Waals surface area contributed by atoms with Crippen LogP contribution in [-0.4, -0.2) is 31.4 Å². The summed E-state index contributed by atoms with van der Waals surface area (Å²) in [6.07, 6.45) is 1.45. The van der Waals surface area contributed by atoms with Gasteiger partial charge in [0.1, 0.15) is 5.82 Å². The summed E-state index contributed by atoms with van der Waals surface area (Å²) in [5, 5.41) is 5.03. The lowest BCUT2D eigenvalue weighted by molar-refractivity contribution is -0.897. The van der Waals surface area contributed by atoms with E-state index in [1.807, 2.05) is 17.5 Å². The van der Waals surface area contributed by atoms with Crippen LogP contribution in [0.2, 0.25) is 0 Å². The Hall–Kier alpha value is -2.25. The van der Waals surface area contributed by atoms with Gasteiger partial charge in [-0.2, -0.15) is 0 Å². The maximum atomic E-state index is 13.2. The van der Waals surface area contributed by atoms with Gasteiger partial charge in [0, 0.05) is 23.6 Å². The number of primary amides is 1. The van der Waals surface area contributed by atoms with Crippen LogP contribution in [0.15, 0.2) is 41.8 Å². The number of thiophene rings is 1. The Bertz CT molecular complexity index is 741. The lowest BCUT2D eigenvalue weighted by Crippen LogP contribution is -3.14. The summed E-state index contributed by atoms with van der Waals surface area (Å²) >= 11 is 1.55. The van der Waals surface area contributed by atoms with Gasteiger partial charge in [0.15, 0.2) is 6.54 Å². The second-order valence-electron chi connectivity index (χ2n) is 6.67. The van der Waals surface area contributed by atoms with E-state index in [1.165, 1.54) is 12.1 Å². The summed E-state index contributed by atoms with van der Waals surface area (Å²) in [7, 11) is 0. The number of benzene rings is 1. The molecule has 0 aliphatic carbocycles. The first-order valence-corrected chi connectivity index (χ1v) is 9.62. The van der Waals surface area contributed by atoms with Crippen molar-refractivity contribution in [3.05, 3.63) is 58.0 Å². The minimum atomic E-state index is -0.299. The number of likely N-dealkylation sites (tertiary alicyclic amines) is 1. The van der Waals surface area contributed by atoms with Gasteiger partial charge in [-0.25, -0.2) is 4.39 Å². The van der Waals surface area contributed by atoms with Gasteiger partial charge in [-0.3, -0.25) is 9.59 Å². The van der Waals surface area contributed by atoms with E-state index in [4.69, 9.17) is 5.73 Å². The molecule has 0 spiro atoms. The molecule has 0 radical (unpaired) electrons. The van der Waals surface area contributed by atoms with Crippen LogP contribution in [0.5, 0.6) is 0 Å². The van der Waals surface area contributed by atoms with E-state index < -0.39 is 0 Å². The Morgan fingerprint density at radius 3 is 2.50 bits per heavy atom. The molecule has 3 rings (SSSR count). The van der Waals surface area contributed by atoms with Crippen LogP contribution in [0.4, 0.5) is 4.39 Å². The van der Waals surface area contributed by atoms with Crippen LogP contribution in [-0.2, 0) is 9.59 Å². The van der Waals surface area contributed by atoms with Gasteiger partial charge in [-0.1, -0.05) is 18.2 Å². The Kier molecular flexibility index (Phi) is 6.00. The van der Waals surface area contributed by atoms with Crippen LogP contribution < -0.4 is 16.0 Å². The number of carbonyl (C=O) groups excluding carboxylic acids is 2. The van der Waals surface area contributed by atoms with Crippen molar-refractivity contribution in [2.24, 2.45) is 11.7 Å². The predicted octanol–water partition coefficient (Wildman–Crippen LogP) is 0.873. The highest BCUT2D eigenvalue weighted by Crippen LogP contribution is 2.26. The molecule has 0 bridgehead atoms. The molecule has 5 nitrogen and oxygen atoms in total. The van der Waals surface area contributed by atoms with Crippen LogP contribution in [0.3, 0.4) is 0 Å². The number of quaternary nitrogens is 1. The van der Waals surface area contributed by atoms with Crippen LogP contribution in [0.25, 0.3) is 0 Å². The molecule has 1 saturated heterocycles. The average molecular weight is 376 g/mol. The van der Waals surface area contributed by atoms with Gasteiger partial charge in [-0.05, 0) is 29.1 Å². The number of nitrogens with two attached hydrogens (primary N) is 1. The molecule has 138 valence electrons. The maximum Gasteiger partial charge on any atom is 0.275 e. The second-order valence-corrected chi connectivity index (χ2v) is 7.65. The molecule has 1 aliphatic heterocycles. The number of piperidine rings is 1. The fourth-order valence-corrected chi connectivity index (χ4v) is 4.16. The lowest BCUT2D eigenvalue weighted by Gasteiger charge is -2.28. The maximum absolute atomic E-state index is 13.2. The summed E-state index contributed by atoms with van der Waals surface area (Å²) in [4.78, 5) is 26.0. The Morgan fingerprint density at radius 2 is 1.92 bits per heavy atom. The van der Waals surface area contributed by atoms with E-state index in [9.17, 15) is 14.0 Å². The standard InChI is InChI=1S/C19H22FN3O2S/c20-15-5-3-13(4-6-15)18(16-2-1-11-26-16)22-17(24)12-23-9-7-14(8-10-23)19(21)25/h1-6,11,14,18H,7-10,12H2,(H2,21,25)(H,22,24)/p+1/t18-/m0/s1. The third-order valence-corrected chi connectivity index (χ3v) is 5.78. The number of hydrogen-bond acceptors (Lipinski definition) is 3. The molecular weight excluding hydrogens is 353 g/mol. The Balaban J connectivity index is 1.63. The molecule has 1 aromatic carbocycles. The van der Waals surface area contributed by atoms with Crippen LogP contribution >= 0.6 is 11.3 Å². The topological polar surface area (TPSA) is 76.6 Å². The molecule has 0 unspecified atom stereocenters. The molecule has 2 aromatic rings. The van der Waals surface area contributed by atoms with Crippen molar-refractivity contribution in [1.82, 2.24) is 5.32 Å². The smallest absolute Gasteiger partial charge is 0.275 e. The van der Waals surface area contributed by atoms with Gasteiger partial charge >= 0.3 is 0 Å². The molecular formula is C19H23FN3O2S+. The minimum absolute atomic E-state index is 0.0553. The van der Waals surface area contributed by atoms with Crippen molar-refractivity contribution >= 4 is 23.2 Å². The first-order chi connectivity index (χ1) is 12.5. The predicted molar refractivity (Wildman–Crippen MR) is 98.2 cm³/mol. The van der Waals surface area contributed by atoms with E-state index >= 15 is 0 Å². The number of nitrogens with one attached hydrogen (secondary N) is 2. The van der Waals surface area contributed by atoms with E-state index in [1.54, 1.807) is 23.5 Å². The number of halogens is 1. The van der Waals surface area contributed by atoms with Crippen molar-refractivity contribution in [3.8, 4) is 0 Å². The van der Waals surface area contributed by atoms with Gasteiger partial charge in [-0.15, -0.1) is 11.3 Å². The zero-order valence-corrected chi connectivity index (χ0v) is 15.2. The van der Waals surface area contributed by atoms with Crippen molar-refractivity contribution in [3.63, 3.8) is 0 Å². The fourth-order valence-electron chi connectivity index (χ4n) is 3.36. The van der Waals surface area contributed by atoms with Crippen molar-refractivity contribution < 1.29 is 18.9 Å².